The van der Waals surface area contributed by atoms with Crippen LogP contribution < -0.4 is 10.1 Å². The number of aryl methyl sites for hydroxylation is 1. The van der Waals surface area contributed by atoms with E-state index in [4.69, 9.17) is 4.74 Å². The summed E-state index contributed by atoms with van der Waals surface area (Å²) in [6.45, 7) is 2.22. The van der Waals surface area contributed by atoms with Gasteiger partial charge in [-0.3, -0.25) is 9.36 Å². The monoisotopic (exact) mass is 408 g/mol. The molecule has 2 heterocycles. The highest BCUT2D eigenvalue weighted by Gasteiger charge is 2.14. The number of nitrogens with zero attached hydrogens (tertiary/aromatic N) is 4. The lowest BCUT2D eigenvalue weighted by molar-refractivity contribution is -0.118. The minimum Gasteiger partial charge on any atom is -0.497 e. The number of ether oxygens (including phenoxy) is 1. The van der Waals surface area contributed by atoms with Gasteiger partial charge in [-0.05, 0) is 43.3 Å². The van der Waals surface area contributed by atoms with Crippen molar-refractivity contribution in [2.75, 3.05) is 12.9 Å². The third-order valence-corrected chi connectivity index (χ3v) is 5.28. The van der Waals surface area contributed by atoms with Crippen molar-refractivity contribution >= 4 is 28.7 Å². The molecule has 0 spiro atoms. The van der Waals surface area contributed by atoms with E-state index in [-0.39, 0.29) is 11.7 Å². The molecule has 29 heavy (non-hydrogen) atoms. The summed E-state index contributed by atoms with van der Waals surface area (Å²) in [7, 11) is 1.63. The van der Waals surface area contributed by atoms with E-state index in [1.165, 1.54) is 11.8 Å². The van der Waals surface area contributed by atoms with E-state index in [9.17, 15) is 4.79 Å². The van der Waals surface area contributed by atoms with Crippen molar-refractivity contribution < 1.29 is 9.53 Å². The molecule has 0 aliphatic rings. The fourth-order valence-corrected chi connectivity index (χ4v) is 3.75. The highest BCUT2D eigenvalue weighted by Crippen LogP contribution is 2.23. The number of hydrogen-bond acceptors (Lipinski definition) is 6. The maximum Gasteiger partial charge on any atom is 0.230 e. The lowest BCUT2D eigenvalue weighted by Crippen LogP contribution is -2.25. The molecule has 0 saturated carbocycles. The molecule has 1 amide bonds. The van der Waals surface area contributed by atoms with Crippen LogP contribution in [0.3, 0.4) is 0 Å². The van der Waals surface area contributed by atoms with Gasteiger partial charge in [-0.15, -0.1) is 10.2 Å². The smallest absolute Gasteiger partial charge is 0.230 e. The number of benzene rings is 2. The van der Waals surface area contributed by atoms with Gasteiger partial charge in [0, 0.05) is 5.69 Å². The Morgan fingerprint density at radius 2 is 1.97 bits per heavy atom. The number of imidazole rings is 1. The minimum atomic E-state index is -0.0996. The number of aromatic nitrogens is 5. The summed E-state index contributed by atoms with van der Waals surface area (Å²) in [6, 6.07) is 15.4. The van der Waals surface area contributed by atoms with E-state index < -0.39 is 0 Å². The average Bonchev–Trinajstić information content (AvgIpc) is 3.33. The van der Waals surface area contributed by atoms with Crippen molar-refractivity contribution in [1.82, 2.24) is 30.0 Å². The van der Waals surface area contributed by atoms with E-state index in [0.29, 0.717) is 11.7 Å². The van der Waals surface area contributed by atoms with Crippen LogP contribution in [-0.4, -0.2) is 43.5 Å². The van der Waals surface area contributed by atoms with Crippen LogP contribution in [0.15, 0.2) is 53.7 Å². The van der Waals surface area contributed by atoms with Crippen LogP contribution in [0.1, 0.15) is 11.6 Å². The van der Waals surface area contributed by atoms with E-state index >= 15 is 0 Å². The van der Waals surface area contributed by atoms with E-state index in [0.717, 1.165) is 34.1 Å². The molecule has 2 aromatic heterocycles. The first kappa shape index (κ1) is 19.0. The fraction of sp³-hybridized carbons (Fsp3) is 0.200. The van der Waals surface area contributed by atoms with Crippen molar-refractivity contribution in [2.24, 2.45) is 0 Å². The predicted molar refractivity (Wildman–Crippen MR) is 111 cm³/mol. The van der Waals surface area contributed by atoms with Crippen LogP contribution in [-0.2, 0) is 11.3 Å². The molecule has 0 aliphatic carbocycles. The first-order chi connectivity index (χ1) is 14.1. The van der Waals surface area contributed by atoms with Gasteiger partial charge < -0.3 is 15.0 Å². The molecular formula is C20H20N6O2S. The number of H-pyrrole nitrogens is 1. The third-order valence-electron chi connectivity index (χ3n) is 4.35. The lowest BCUT2D eigenvalue weighted by Gasteiger charge is -2.09. The van der Waals surface area contributed by atoms with Crippen molar-refractivity contribution in [3.05, 3.63) is 60.2 Å². The number of nitrogens with one attached hydrogen (secondary N) is 2. The molecule has 0 unspecified atom stereocenters. The number of carbonyl (C=O) groups excluding carboxylic acids is 1. The van der Waals surface area contributed by atoms with Gasteiger partial charge in [0.05, 0.1) is 30.4 Å². The summed E-state index contributed by atoms with van der Waals surface area (Å²) in [5, 5.41) is 11.9. The third kappa shape index (κ3) is 4.24. The molecule has 2 aromatic carbocycles. The van der Waals surface area contributed by atoms with Crippen LogP contribution in [0, 0.1) is 6.92 Å². The largest absolute Gasteiger partial charge is 0.497 e. The van der Waals surface area contributed by atoms with Gasteiger partial charge in [-0.1, -0.05) is 23.9 Å². The number of rotatable bonds is 7. The molecule has 9 heteroatoms. The number of hydrogen-bond donors (Lipinski definition) is 2. The van der Waals surface area contributed by atoms with Gasteiger partial charge in [0.15, 0.2) is 5.16 Å². The van der Waals surface area contributed by atoms with Gasteiger partial charge in [0.2, 0.25) is 5.91 Å². The SMILES string of the molecule is COc1ccc(-n2c(C)nnc2SCC(=O)NCc2nc3ccccc3[nH]2)cc1. The molecule has 0 saturated heterocycles. The lowest BCUT2D eigenvalue weighted by atomic mass is 10.3. The molecule has 0 fully saturated rings. The highest BCUT2D eigenvalue weighted by atomic mass is 32.2. The van der Waals surface area contributed by atoms with Crippen molar-refractivity contribution in [1.29, 1.82) is 0 Å². The van der Waals surface area contributed by atoms with Crippen LogP contribution in [0.25, 0.3) is 16.7 Å². The average molecular weight is 408 g/mol. The zero-order valence-corrected chi connectivity index (χ0v) is 16.9. The number of thioether (sulfide) groups is 1. The van der Waals surface area contributed by atoms with Crippen LogP contribution in [0.5, 0.6) is 5.75 Å². The second kappa shape index (κ2) is 8.36. The molecule has 148 valence electrons. The predicted octanol–water partition coefficient (Wildman–Crippen LogP) is 2.87. The maximum absolute atomic E-state index is 12.3. The minimum absolute atomic E-state index is 0.0996. The number of aromatic amines is 1. The Morgan fingerprint density at radius 1 is 1.17 bits per heavy atom. The second-order valence-corrected chi connectivity index (χ2v) is 7.27. The number of carbonyl (C=O) groups is 1. The van der Waals surface area contributed by atoms with Crippen molar-refractivity contribution in [2.45, 2.75) is 18.6 Å². The van der Waals surface area contributed by atoms with Gasteiger partial charge in [-0.25, -0.2) is 4.98 Å². The Bertz CT molecular complexity index is 1100. The fourth-order valence-electron chi connectivity index (χ4n) is 2.92. The van der Waals surface area contributed by atoms with Crippen molar-refractivity contribution in [3.63, 3.8) is 0 Å². The van der Waals surface area contributed by atoms with Crippen molar-refractivity contribution in [3.8, 4) is 11.4 Å². The molecule has 0 atom stereocenters. The summed E-state index contributed by atoms with van der Waals surface area (Å²) in [5.41, 5.74) is 2.75. The topological polar surface area (TPSA) is 97.7 Å². The van der Waals surface area contributed by atoms with Gasteiger partial charge in [-0.2, -0.15) is 0 Å². The number of amides is 1. The standard InChI is InChI=1S/C20H20N6O2S/c1-13-24-25-20(26(13)14-7-9-15(28-2)10-8-14)29-12-19(27)21-11-18-22-16-5-3-4-6-17(16)23-18/h3-10H,11-12H2,1-2H3,(H,21,27)(H,22,23). The molecule has 4 aromatic rings. The van der Waals surface area contributed by atoms with Gasteiger partial charge in [0.1, 0.15) is 17.4 Å². The number of methoxy groups -OCH3 is 1. The Kier molecular flexibility index (Phi) is 5.48. The summed E-state index contributed by atoms with van der Waals surface area (Å²) in [6.07, 6.45) is 0. The molecule has 0 bridgehead atoms. The van der Waals surface area contributed by atoms with Crippen LogP contribution in [0.4, 0.5) is 0 Å². The number of fused-ring (bicyclic) bond motifs is 1. The van der Waals surface area contributed by atoms with Gasteiger partial charge in [0.25, 0.3) is 0 Å². The molecule has 4 rings (SSSR count). The normalized spacial score (nSPS) is 11.0. The first-order valence-corrected chi connectivity index (χ1v) is 10.0. The Labute approximate surface area is 171 Å². The summed E-state index contributed by atoms with van der Waals surface area (Å²) >= 11 is 1.34. The second-order valence-electron chi connectivity index (χ2n) is 6.33. The Balaban J connectivity index is 1.37. The molecule has 0 radical (unpaired) electrons. The first-order valence-electron chi connectivity index (χ1n) is 9.03. The zero-order valence-electron chi connectivity index (χ0n) is 16.0. The van der Waals surface area contributed by atoms with E-state index in [2.05, 4.69) is 25.5 Å². The van der Waals surface area contributed by atoms with E-state index in [1.807, 2.05) is 60.0 Å². The van der Waals surface area contributed by atoms with Gasteiger partial charge >= 0.3 is 0 Å². The van der Waals surface area contributed by atoms with Crippen LogP contribution in [0.2, 0.25) is 0 Å². The Morgan fingerprint density at radius 3 is 2.72 bits per heavy atom. The van der Waals surface area contributed by atoms with E-state index in [1.54, 1.807) is 7.11 Å². The highest BCUT2D eigenvalue weighted by molar-refractivity contribution is 7.99. The molecule has 0 aliphatic heterocycles. The zero-order chi connectivity index (χ0) is 20.2. The summed E-state index contributed by atoms with van der Waals surface area (Å²) < 4.78 is 7.12. The summed E-state index contributed by atoms with van der Waals surface area (Å²) in [4.78, 5) is 20.0. The maximum atomic E-state index is 12.3. The molecular weight excluding hydrogens is 388 g/mol. The number of para-hydroxylation sites is 2. The van der Waals surface area contributed by atoms with Crippen LogP contribution >= 0.6 is 11.8 Å². The molecule has 2 N–H and O–H groups in total. The molecule has 8 nitrogen and oxygen atoms in total. The summed E-state index contributed by atoms with van der Waals surface area (Å²) in [5.74, 6) is 2.38. The quantitative estimate of drug-likeness (QED) is 0.457. The Hall–Kier alpha value is -3.33.